The molecule has 1 saturated heterocycles. The fraction of sp³-hybridized carbons (Fsp3) is 0.600. The zero-order valence-electron chi connectivity index (χ0n) is 19.7. The Morgan fingerprint density at radius 1 is 1.12 bits per heavy atom. The molecule has 2 fully saturated rings. The summed E-state index contributed by atoms with van der Waals surface area (Å²) in [5.74, 6) is 0. The van der Waals surface area contributed by atoms with Gasteiger partial charge in [-0.15, -0.1) is 0 Å². The van der Waals surface area contributed by atoms with Crippen LogP contribution in [0, 0.1) is 5.41 Å². The highest BCUT2D eigenvalue weighted by molar-refractivity contribution is 5.69. The first kappa shape index (κ1) is 25.7. The van der Waals surface area contributed by atoms with E-state index in [2.05, 4.69) is 6.58 Å². The minimum absolute atomic E-state index is 0.0207. The summed E-state index contributed by atoms with van der Waals surface area (Å²) in [5.41, 5.74) is -0.936. The molecule has 1 aliphatic heterocycles. The maximum atomic E-state index is 12.3. The fourth-order valence-corrected chi connectivity index (χ4v) is 3.54. The van der Waals surface area contributed by atoms with Crippen LogP contribution in [0.4, 0.5) is 9.59 Å². The second-order valence-corrected chi connectivity index (χ2v) is 9.50. The number of carbonyl (C=O) groups excluding carboxylic acids is 2. The van der Waals surface area contributed by atoms with Crippen LogP contribution in [0.3, 0.4) is 0 Å². The topological polar surface area (TPSA) is 79.3 Å². The number of hydrogen-bond donors (Lipinski definition) is 1. The van der Waals surface area contributed by atoms with Crippen molar-refractivity contribution in [1.82, 2.24) is 9.80 Å². The Hall–Kier alpha value is -2.54. The first-order valence-electron chi connectivity index (χ1n) is 11.3. The number of benzene rings is 1. The van der Waals surface area contributed by atoms with Gasteiger partial charge in [0.05, 0.1) is 6.61 Å². The summed E-state index contributed by atoms with van der Waals surface area (Å²) in [6, 6.07) is 12.2. The number of carbonyl (C=O) groups is 2. The molecule has 0 bridgehead atoms. The lowest BCUT2D eigenvalue weighted by molar-refractivity contribution is -0.0119. The van der Waals surface area contributed by atoms with Gasteiger partial charge in [-0.3, -0.25) is 0 Å². The molecule has 1 saturated carbocycles. The van der Waals surface area contributed by atoms with Gasteiger partial charge in [-0.05, 0) is 46.5 Å². The normalized spacial score (nSPS) is 17.4. The fourth-order valence-electron chi connectivity index (χ4n) is 3.54. The van der Waals surface area contributed by atoms with Crippen molar-refractivity contribution >= 4 is 12.2 Å². The van der Waals surface area contributed by atoms with Crippen LogP contribution < -0.4 is 0 Å². The van der Waals surface area contributed by atoms with E-state index in [4.69, 9.17) is 9.47 Å². The number of nitrogens with zero attached hydrogens (tertiary/aromatic N) is 2. The SMILES string of the molecule is C=CCOC(=O)N(CC1(CO)CCN(C(=O)OC(C)(C)C)CC1)C1CC1.c1ccccc1. The van der Waals surface area contributed by atoms with E-state index in [9.17, 15) is 14.7 Å². The van der Waals surface area contributed by atoms with Crippen molar-refractivity contribution in [2.45, 2.75) is 58.1 Å². The first-order valence-corrected chi connectivity index (χ1v) is 11.3. The van der Waals surface area contributed by atoms with Crippen LogP contribution in [0.2, 0.25) is 0 Å². The van der Waals surface area contributed by atoms with Crippen molar-refractivity contribution in [2.24, 2.45) is 5.41 Å². The highest BCUT2D eigenvalue weighted by atomic mass is 16.6. The van der Waals surface area contributed by atoms with Crippen LogP contribution in [0.25, 0.3) is 0 Å². The molecular formula is C25H38N2O5. The average Bonchev–Trinajstić information content (AvgIpc) is 3.62. The molecule has 32 heavy (non-hydrogen) atoms. The number of amides is 2. The molecule has 2 amide bonds. The molecule has 7 heteroatoms. The lowest BCUT2D eigenvalue weighted by Crippen LogP contribution is -2.52. The van der Waals surface area contributed by atoms with E-state index in [0.717, 1.165) is 12.8 Å². The Balaban J connectivity index is 0.000000520. The molecule has 0 atom stereocenters. The summed E-state index contributed by atoms with van der Waals surface area (Å²) in [6.07, 6.45) is 4.05. The van der Waals surface area contributed by atoms with Crippen molar-refractivity contribution < 1.29 is 24.2 Å². The number of aliphatic hydroxyl groups is 1. The van der Waals surface area contributed by atoms with Gasteiger partial charge < -0.3 is 24.4 Å². The predicted octanol–water partition coefficient (Wildman–Crippen LogP) is 4.47. The molecule has 1 heterocycles. The molecule has 0 spiro atoms. The molecule has 1 aromatic rings. The summed E-state index contributed by atoms with van der Waals surface area (Å²) in [5, 5.41) is 10.0. The molecule has 0 aromatic heterocycles. The zero-order valence-corrected chi connectivity index (χ0v) is 19.7. The quantitative estimate of drug-likeness (QED) is 0.652. The van der Waals surface area contributed by atoms with Crippen molar-refractivity contribution in [2.75, 3.05) is 32.8 Å². The van der Waals surface area contributed by atoms with Gasteiger partial charge in [0.2, 0.25) is 0 Å². The number of likely N-dealkylation sites (tertiary alicyclic amines) is 1. The van der Waals surface area contributed by atoms with Crippen molar-refractivity contribution in [3.05, 3.63) is 49.1 Å². The number of ether oxygens (including phenoxy) is 2. The Kier molecular flexibility index (Phi) is 9.57. The lowest BCUT2D eigenvalue weighted by atomic mass is 9.78. The monoisotopic (exact) mass is 446 g/mol. The Morgan fingerprint density at radius 3 is 2.06 bits per heavy atom. The summed E-state index contributed by atoms with van der Waals surface area (Å²) >= 11 is 0. The van der Waals surface area contributed by atoms with Gasteiger partial charge in [-0.25, -0.2) is 9.59 Å². The molecule has 3 rings (SSSR count). The van der Waals surface area contributed by atoms with Gasteiger partial charge in [0, 0.05) is 31.1 Å². The standard InChI is InChI=1S/C19H32N2O5.C6H6/c1-5-12-25-17(24)21(15-6-7-15)13-19(14-22)8-10-20(11-9-19)16(23)26-18(2,3)4;1-2-4-6-5-3-1/h5,15,22H,1,6-14H2,2-4H3;1-6H. The summed E-state index contributed by atoms with van der Waals surface area (Å²) in [6.45, 7) is 10.7. The molecule has 0 unspecified atom stereocenters. The average molecular weight is 447 g/mol. The number of rotatable bonds is 6. The largest absolute Gasteiger partial charge is 0.445 e. The van der Waals surface area contributed by atoms with E-state index in [1.807, 2.05) is 57.2 Å². The molecule has 0 radical (unpaired) electrons. The molecule has 1 N–H and O–H groups in total. The van der Waals surface area contributed by atoms with Gasteiger partial charge in [-0.2, -0.15) is 0 Å². The van der Waals surface area contributed by atoms with Crippen LogP contribution in [-0.4, -0.2) is 71.6 Å². The second kappa shape index (κ2) is 11.9. The van der Waals surface area contributed by atoms with E-state index in [-0.39, 0.29) is 31.4 Å². The maximum Gasteiger partial charge on any atom is 0.410 e. The minimum Gasteiger partial charge on any atom is -0.445 e. The molecular weight excluding hydrogens is 408 g/mol. The van der Waals surface area contributed by atoms with Gasteiger partial charge in [0.15, 0.2) is 0 Å². The van der Waals surface area contributed by atoms with E-state index >= 15 is 0 Å². The number of hydrogen-bond acceptors (Lipinski definition) is 5. The molecule has 7 nitrogen and oxygen atoms in total. The Morgan fingerprint density at radius 2 is 1.66 bits per heavy atom. The predicted molar refractivity (Wildman–Crippen MR) is 124 cm³/mol. The third-order valence-corrected chi connectivity index (χ3v) is 5.53. The van der Waals surface area contributed by atoms with Crippen LogP contribution in [0.1, 0.15) is 46.5 Å². The maximum absolute atomic E-state index is 12.3. The highest BCUT2D eigenvalue weighted by Crippen LogP contribution is 2.37. The van der Waals surface area contributed by atoms with Crippen molar-refractivity contribution in [1.29, 1.82) is 0 Å². The first-order chi connectivity index (χ1) is 15.2. The van der Waals surface area contributed by atoms with Crippen LogP contribution in [-0.2, 0) is 9.47 Å². The van der Waals surface area contributed by atoms with Gasteiger partial charge in [0.25, 0.3) is 0 Å². The summed E-state index contributed by atoms with van der Waals surface area (Å²) in [4.78, 5) is 28.0. The van der Waals surface area contributed by atoms with Gasteiger partial charge >= 0.3 is 12.2 Å². The van der Waals surface area contributed by atoms with Gasteiger partial charge in [0.1, 0.15) is 12.2 Å². The number of aliphatic hydroxyl groups excluding tert-OH is 1. The van der Waals surface area contributed by atoms with E-state index < -0.39 is 11.0 Å². The summed E-state index contributed by atoms with van der Waals surface area (Å²) in [7, 11) is 0. The minimum atomic E-state index is -0.527. The molecule has 2 aliphatic rings. The van der Waals surface area contributed by atoms with Crippen LogP contribution in [0.5, 0.6) is 0 Å². The van der Waals surface area contributed by atoms with E-state index in [0.29, 0.717) is 32.5 Å². The van der Waals surface area contributed by atoms with Crippen molar-refractivity contribution in [3.63, 3.8) is 0 Å². The molecule has 1 aromatic carbocycles. The second-order valence-electron chi connectivity index (χ2n) is 9.50. The Labute approximate surface area is 192 Å². The Bertz CT molecular complexity index is 693. The third-order valence-electron chi connectivity index (χ3n) is 5.53. The number of piperidine rings is 1. The van der Waals surface area contributed by atoms with Crippen molar-refractivity contribution in [3.8, 4) is 0 Å². The van der Waals surface area contributed by atoms with Gasteiger partial charge in [-0.1, -0.05) is 49.1 Å². The van der Waals surface area contributed by atoms with E-state index in [1.54, 1.807) is 15.9 Å². The summed E-state index contributed by atoms with van der Waals surface area (Å²) < 4.78 is 10.6. The smallest absolute Gasteiger partial charge is 0.410 e. The zero-order chi connectivity index (χ0) is 23.6. The van der Waals surface area contributed by atoms with Crippen LogP contribution >= 0.6 is 0 Å². The highest BCUT2D eigenvalue weighted by Gasteiger charge is 2.43. The lowest BCUT2D eigenvalue weighted by Gasteiger charge is -2.43. The van der Waals surface area contributed by atoms with Crippen LogP contribution in [0.15, 0.2) is 49.1 Å². The molecule has 1 aliphatic carbocycles. The van der Waals surface area contributed by atoms with E-state index in [1.165, 1.54) is 0 Å². The molecule has 178 valence electrons. The third kappa shape index (κ3) is 8.54.